The number of aromatic nitrogens is 1. The summed E-state index contributed by atoms with van der Waals surface area (Å²) in [5, 5.41) is 2.65. The van der Waals surface area contributed by atoms with Crippen molar-refractivity contribution in [3.05, 3.63) is 84.7 Å². The van der Waals surface area contributed by atoms with Crippen molar-refractivity contribution in [2.45, 2.75) is 21.6 Å². The second-order valence-electron chi connectivity index (χ2n) is 6.52. The SMILES string of the molecule is CCS(=O)(=O)c1cccc(S(=O)(=O)c2ccc(NC(=O)C=Cc3cccnc3)cc2)c1. The van der Waals surface area contributed by atoms with E-state index in [4.69, 9.17) is 0 Å². The number of nitrogens with one attached hydrogen (secondary N) is 1. The Labute approximate surface area is 181 Å². The first-order chi connectivity index (χ1) is 14.7. The quantitative estimate of drug-likeness (QED) is 0.546. The number of hydrogen-bond acceptors (Lipinski definition) is 6. The van der Waals surface area contributed by atoms with Gasteiger partial charge in [0.15, 0.2) is 9.84 Å². The molecule has 0 saturated heterocycles. The molecule has 3 rings (SSSR count). The fraction of sp³-hybridized carbons (Fsp3) is 0.0909. The third-order valence-electron chi connectivity index (χ3n) is 4.40. The predicted octanol–water partition coefficient (Wildman–Crippen LogP) is 3.36. The van der Waals surface area contributed by atoms with Crippen LogP contribution >= 0.6 is 0 Å². The van der Waals surface area contributed by atoms with Gasteiger partial charge in [0.2, 0.25) is 15.7 Å². The molecule has 3 aromatic rings. The van der Waals surface area contributed by atoms with Gasteiger partial charge in [0.05, 0.1) is 20.4 Å². The smallest absolute Gasteiger partial charge is 0.248 e. The molecule has 0 aliphatic heterocycles. The van der Waals surface area contributed by atoms with Crippen LogP contribution in [-0.2, 0) is 24.5 Å². The van der Waals surface area contributed by atoms with Gasteiger partial charge in [-0.1, -0.05) is 19.1 Å². The predicted molar refractivity (Wildman–Crippen MR) is 118 cm³/mol. The second-order valence-corrected chi connectivity index (χ2v) is 10.7. The minimum Gasteiger partial charge on any atom is -0.323 e. The van der Waals surface area contributed by atoms with E-state index in [0.29, 0.717) is 5.69 Å². The van der Waals surface area contributed by atoms with Crippen molar-refractivity contribution in [1.29, 1.82) is 0 Å². The van der Waals surface area contributed by atoms with Gasteiger partial charge in [-0.3, -0.25) is 9.78 Å². The number of anilines is 1. The molecule has 0 aliphatic rings. The summed E-state index contributed by atoms with van der Waals surface area (Å²) in [6, 6.07) is 14.5. The Morgan fingerprint density at radius 2 is 1.65 bits per heavy atom. The highest BCUT2D eigenvalue weighted by molar-refractivity contribution is 7.92. The number of rotatable bonds is 7. The number of amides is 1. The topological polar surface area (TPSA) is 110 Å². The van der Waals surface area contributed by atoms with Crippen LogP contribution in [0.25, 0.3) is 6.08 Å². The van der Waals surface area contributed by atoms with Crippen LogP contribution in [0.15, 0.2) is 93.8 Å². The fourth-order valence-electron chi connectivity index (χ4n) is 2.69. The molecular weight excluding hydrogens is 436 g/mol. The molecule has 0 bridgehead atoms. The number of benzene rings is 2. The lowest BCUT2D eigenvalue weighted by Gasteiger charge is -2.08. The lowest BCUT2D eigenvalue weighted by atomic mass is 10.2. The Hall–Kier alpha value is -3.30. The minimum absolute atomic E-state index is 0.0116. The highest BCUT2D eigenvalue weighted by Crippen LogP contribution is 2.25. The third-order valence-corrected chi connectivity index (χ3v) is 7.90. The van der Waals surface area contributed by atoms with Gasteiger partial charge in [-0.15, -0.1) is 0 Å². The molecule has 2 aromatic carbocycles. The maximum absolute atomic E-state index is 12.9. The van der Waals surface area contributed by atoms with Gasteiger partial charge in [0.25, 0.3) is 0 Å². The summed E-state index contributed by atoms with van der Waals surface area (Å²) in [7, 11) is -7.45. The van der Waals surface area contributed by atoms with E-state index >= 15 is 0 Å². The van der Waals surface area contributed by atoms with Gasteiger partial charge in [-0.25, -0.2) is 16.8 Å². The van der Waals surface area contributed by atoms with E-state index in [1.807, 2.05) is 0 Å². The maximum atomic E-state index is 12.9. The summed E-state index contributed by atoms with van der Waals surface area (Å²) in [5.41, 5.74) is 1.19. The van der Waals surface area contributed by atoms with Gasteiger partial charge < -0.3 is 5.32 Å². The maximum Gasteiger partial charge on any atom is 0.248 e. The van der Waals surface area contributed by atoms with E-state index in [1.165, 1.54) is 55.5 Å². The summed E-state index contributed by atoms with van der Waals surface area (Å²) in [4.78, 5) is 15.8. The van der Waals surface area contributed by atoms with Crippen molar-refractivity contribution in [2.24, 2.45) is 0 Å². The molecule has 31 heavy (non-hydrogen) atoms. The highest BCUT2D eigenvalue weighted by Gasteiger charge is 2.20. The summed E-state index contributed by atoms with van der Waals surface area (Å²) in [5.74, 6) is -0.503. The Bertz CT molecular complexity index is 1320. The van der Waals surface area contributed by atoms with Crippen LogP contribution in [-0.4, -0.2) is 33.5 Å². The molecule has 0 spiro atoms. The number of sulfone groups is 2. The van der Waals surface area contributed by atoms with Crippen molar-refractivity contribution in [1.82, 2.24) is 4.98 Å². The summed E-state index contributed by atoms with van der Waals surface area (Å²) >= 11 is 0. The lowest BCUT2D eigenvalue weighted by Crippen LogP contribution is -2.09. The Balaban J connectivity index is 1.77. The average molecular weight is 457 g/mol. The van der Waals surface area contributed by atoms with E-state index in [2.05, 4.69) is 10.3 Å². The van der Waals surface area contributed by atoms with Crippen LogP contribution < -0.4 is 5.32 Å². The van der Waals surface area contributed by atoms with Crippen molar-refractivity contribution >= 4 is 37.3 Å². The fourth-order valence-corrected chi connectivity index (χ4v) is 4.99. The zero-order valence-corrected chi connectivity index (χ0v) is 18.2. The number of nitrogens with zero attached hydrogens (tertiary/aromatic N) is 1. The molecular formula is C22H20N2O5S2. The molecule has 160 valence electrons. The molecule has 7 nitrogen and oxygen atoms in total. The highest BCUT2D eigenvalue weighted by atomic mass is 32.2. The lowest BCUT2D eigenvalue weighted by molar-refractivity contribution is -0.111. The molecule has 0 unspecified atom stereocenters. The molecule has 0 aliphatic carbocycles. The molecule has 0 fully saturated rings. The molecule has 0 atom stereocenters. The van der Waals surface area contributed by atoms with Crippen LogP contribution in [0.3, 0.4) is 0 Å². The average Bonchev–Trinajstić information content (AvgIpc) is 2.79. The van der Waals surface area contributed by atoms with Gasteiger partial charge in [-0.05, 0) is 60.2 Å². The van der Waals surface area contributed by atoms with Gasteiger partial charge in [0, 0.05) is 24.2 Å². The number of carbonyl (C=O) groups is 1. The first-order valence-electron chi connectivity index (χ1n) is 9.29. The zero-order chi connectivity index (χ0) is 22.5. The van der Waals surface area contributed by atoms with E-state index in [0.717, 1.165) is 11.6 Å². The van der Waals surface area contributed by atoms with E-state index in [9.17, 15) is 21.6 Å². The number of carbonyl (C=O) groups excluding carboxylic acids is 1. The van der Waals surface area contributed by atoms with Crippen LogP contribution in [0.4, 0.5) is 5.69 Å². The largest absolute Gasteiger partial charge is 0.323 e. The Morgan fingerprint density at radius 1 is 0.935 bits per heavy atom. The minimum atomic E-state index is -3.92. The second kappa shape index (κ2) is 9.23. The standard InChI is InChI=1S/C22H20N2O5S2/c1-2-30(26,27)20-6-3-7-21(15-20)31(28,29)19-11-9-18(10-12-19)24-22(25)13-8-17-5-4-14-23-16-17/h3-16H,2H2,1H3,(H,24,25). The van der Waals surface area contributed by atoms with E-state index in [-0.39, 0.29) is 26.3 Å². The molecule has 1 N–H and O–H groups in total. The molecule has 0 radical (unpaired) electrons. The molecule has 1 aromatic heterocycles. The van der Waals surface area contributed by atoms with Crippen LogP contribution in [0.1, 0.15) is 12.5 Å². The summed E-state index contributed by atoms with van der Waals surface area (Å²) in [6.07, 6.45) is 6.20. The first-order valence-corrected chi connectivity index (χ1v) is 12.4. The number of pyridine rings is 1. The molecule has 1 heterocycles. The van der Waals surface area contributed by atoms with Crippen LogP contribution in [0, 0.1) is 0 Å². The van der Waals surface area contributed by atoms with Gasteiger partial charge in [-0.2, -0.15) is 0 Å². The van der Waals surface area contributed by atoms with Crippen molar-refractivity contribution < 1.29 is 21.6 Å². The van der Waals surface area contributed by atoms with Crippen LogP contribution in [0.2, 0.25) is 0 Å². The Kier molecular flexibility index (Phi) is 6.67. The molecule has 9 heteroatoms. The first kappa shape index (κ1) is 22.4. The summed E-state index contributed by atoms with van der Waals surface area (Å²) < 4.78 is 49.9. The van der Waals surface area contributed by atoms with Gasteiger partial charge in [0.1, 0.15) is 0 Å². The number of hydrogen-bond donors (Lipinski definition) is 1. The summed E-state index contributed by atoms with van der Waals surface area (Å²) in [6.45, 7) is 1.50. The Morgan fingerprint density at radius 3 is 2.29 bits per heavy atom. The van der Waals surface area contributed by atoms with Crippen molar-refractivity contribution in [3.8, 4) is 0 Å². The van der Waals surface area contributed by atoms with Crippen LogP contribution in [0.5, 0.6) is 0 Å². The van der Waals surface area contributed by atoms with E-state index < -0.39 is 19.7 Å². The molecule has 1 amide bonds. The third kappa shape index (κ3) is 5.44. The van der Waals surface area contributed by atoms with Crippen molar-refractivity contribution in [3.63, 3.8) is 0 Å². The monoisotopic (exact) mass is 456 g/mol. The molecule has 0 saturated carbocycles. The normalized spacial score (nSPS) is 12.0. The van der Waals surface area contributed by atoms with Crippen molar-refractivity contribution in [2.75, 3.05) is 11.1 Å². The van der Waals surface area contributed by atoms with E-state index in [1.54, 1.807) is 30.6 Å². The zero-order valence-electron chi connectivity index (χ0n) is 16.6. The van der Waals surface area contributed by atoms with Gasteiger partial charge >= 0.3 is 0 Å².